The number of methoxy groups -OCH3 is 1. The first-order valence-electron chi connectivity index (χ1n) is 6.16. The minimum atomic E-state index is -0.588. The summed E-state index contributed by atoms with van der Waals surface area (Å²) in [6.45, 7) is 0.00388. The normalized spacial score (nSPS) is 10.1. The summed E-state index contributed by atoms with van der Waals surface area (Å²) in [4.78, 5) is 27.1. The van der Waals surface area contributed by atoms with E-state index in [-0.39, 0.29) is 22.3 Å². The second-order valence-corrected chi connectivity index (χ2v) is 5.03. The predicted molar refractivity (Wildman–Crippen MR) is 81.2 cm³/mol. The standard InChI is InChI=1S/C15H11Cl2NO4/c1-21-14(19)10-4-2-3-9(5-10)8-22-15(20)11-6-12(16)13(17)18-7-11/h2-7H,8H2,1H3. The van der Waals surface area contributed by atoms with Gasteiger partial charge in [-0.25, -0.2) is 14.6 Å². The highest BCUT2D eigenvalue weighted by Gasteiger charge is 2.11. The van der Waals surface area contributed by atoms with Crippen LogP contribution in [0.15, 0.2) is 36.5 Å². The van der Waals surface area contributed by atoms with E-state index in [4.69, 9.17) is 27.9 Å². The largest absolute Gasteiger partial charge is 0.465 e. The zero-order valence-corrected chi connectivity index (χ0v) is 13.0. The monoisotopic (exact) mass is 339 g/mol. The molecule has 0 saturated carbocycles. The lowest BCUT2D eigenvalue weighted by molar-refractivity contribution is 0.0472. The summed E-state index contributed by atoms with van der Waals surface area (Å²) in [5, 5.41) is 0.285. The maximum atomic E-state index is 11.9. The SMILES string of the molecule is COC(=O)c1cccc(COC(=O)c2cnc(Cl)c(Cl)c2)c1. The van der Waals surface area contributed by atoms with Gasteiger partial charge in [0, 0.05) is 6.20 Å². The molecule has 0 N–H and O–H groups in total. The summed E-state index contributed by atoms with van der Waals surface area (Å²) in [7, 11) is 1.30. The van der Waals surface area contributed by atoms with Crippen LogP contribution in [0.1, 0.15) is 26.3 Å². The minimum absolute atomic E-state index is 0.00388. The highest BCUT2D eigenvalue weighted by Crippen LogP contribution is 2.20. The molecule has 0 aliphatic heterocycles. The van der Waals surface area contributed by atoms with Gasteiger partial charge in [0.25, 0.3) is 0 Å². The molecule has 1 aromatic heterocycles. The average molecular weight is 340 g/mol. The summed E-state index contributed by atoms with van der Waals surface area (Å²) in [5.74, 6) is -1.05. The number of benzene rings is 1. The molecule has 0 atom stereocenters. The van der Waals surface area contributed by atoms with Crippen LogP contribution >= 0.6 is 23.2 Å². The van der Waals surface area contributed by atoms with Gasteiger partial charge < -0.3 is 9.47 Å². The third-order valence-corrected chi connectivity index (χ3v) is 3.44. The third-order valence-electron chi connectivity index (χ3n) is 2.75. The van der Waals surface area contributed by atoms with Crippen LogP contribution in [-0.2, 0) is 16.1 Å². The van der Waals surface area contributed by atoms with E-state index >= 15 is 0 Å². The first-order chi connectivity index (χ1) is 10.5. The number of nitrogens with zero attached hydrogens (tertiary/aromatic N) is 1. The van der Waals surface area contributed by atoms with E-state index < -0.39 is 11.9 Å². The Balaban J connectivity index is 2.04. The molecule has 0 aliphatic carbocycles. The number of aromatic nitrogens is 1. The number of esters is 2. The number of hydrogen-bond acceptors (Lipinski definition) is 5. The Bertz CT molecular complexity index is 718. The van der Waals surface area contributed by atoms with Gasteiger partial charge in [0.1, 0.15) is 11.8 Å². The zero-order chi connectivity index (χ0) is 16.1. The van der Waals surface area contributed by atoms with Gasteiger partial charge in [0.05, 0.1) is 23.3 Å². The van der Waals surface area contributed by atoms with Gasteiger partial charge in [-0.15, -0.1) is 0 Å². The molecule has 1 aromatic carbocycles. The number of carbonyl (C=O) groups excluding carboxylic acids is 2. The second-order valence-electron chi connectivity index (χ2n) is 4.26. The fourth-order valence-electron chi connectivity index (χ4n) is 1.67. The fraction of sp³-hybridized carbons (Fsp3) is 0.133. The van der Waals surface area contributed by atoms with Crippen LogP contribution in [0.5, 0.6) is 0 Å². The van der Waals surface area contributed by atoms with E-state index in [0.29, 0.717) is 11.1 Å². The van der Waals surface area contributed by atoms with Gasteiger partial charge in [0.15, 0.2) is 0 Å². The third kappa shape index (κ3) is 3.96. The van der Waals surface area contributed by atoms with Gasteiger partial charge in [0.2, 0.25) is 0 Å². The maximum Gasteiger partial charge on any atom is 0.340 e. The molecule has 0 aliphatic rings. The zero-order valence-electron chi connectivity index (χ0n) is 11.5. The molecule has 7 heteroatoms. The number of ether oxygens (including phenoxy) is 2. The Morgan fingerprint density at radius 3 is 2.59 bits per heavy atom. The van der Waals surface area contributed by atoms with E-state index in [9.17, 15) is 9.59 Å². The van der Waals surface area contributed by atoms with Gasteiger partial charge in [-0.1, -0.05) is 35.3 Å². The van der Waals surface area contributed by atoms with E-state index in [0.717, 1.165) is 0 Å². The maximum absolute atomic E-state index is 11.9. The van der Waals surface area contributed by atoms with E-state index in [1.807, 2.05) is 0 Å². The lowest BCUT2D eigenvalue weighted by atomic mass is 10.1. The van der Waals surface area contributed by atoms with Crippen molar-refractivity contribution in [2.24, 2.45) is 0 Å². The quantitative estimate of drug-likeness (QED) is 0.629. The molecule has 114 valence electrons. The highest BCUT2D eigenvalue weighted by molar-refractivity contribution is 6.41. The number of rotatable bonds is 4. The van der Waals surface area contributed by atoms with Crippen molar-refractivity contribution in [2.45, 2.75) is 6.61 Å². The summed E-state index contributed by atoms with van der Waals surface area (Å²) < 4.78 is 9.77. The van der Waals surface area contributed by atoms with Gasteiger partial charge in [-0.05, 0) is 23.8 Å². The molecule has 2 rings (SSSR count). The van der Waals surface area contributed by atoms with Crippen molar-refractivity contribution < 1.29 is 19.1 Å². The molecule has 1 heterocycles. The van der Waals surface area contributed by atoms with Crippen molar-refractivity contribution in [3.8, 4) is 0 Å². The van der Waals surface area contributed by atoms with Crippen molar-refractivity contribution >= 4 is 35.1 Å². The van der Waals surface area contributed by atoms with Crippen molar-refractivity contribution in [3.63, 3.8) is 0 Å². The van der Waals surface area contributed by atoms with E-state index in [1.54, 1.807) is 24.3 Å². The number of halogens is 2. The summed E-state index contributed by atoms with van der Waals surface area (Å²) in [5.41, 5.74) is 1.23. The van der Waals surface area contributed by atoms with Crippen LogP contribution in [0.25, 0.3) is 0 Å². The van der Waals surface area contributed by atoms with Crippen LogP contribution in [0.4, 0.5) is 0 Å². The fourth-order valence-corrected chi connectivity index (χ4v) is 1.94. The smallest absolute Gasteiger partial charge is 0.340 e. The van der Waals surface area contributed by atoms with Crippen LogP contribution in [0.2, 0.25) is 10.2 Å². The van der Waals surface area contributed by atoms with Crippen molar-refractivity contribution in [1.29, 1.82) is 0 Å². The highest BCUT2D eigenvalue weighted by atomic mass is 35.5. The molecule has 0 spiro atoms. The predicted octanol–water partition coefficient (Wildman–Crippen LogP) is 3.53. The molecule has 0 amide bonds. The van der Waals surface area contributed by atoms with Crippen molar-refractivity contribution in [2.75, 3.05) is 7.11 Å². The van der Waals surface area contributed by atoms with Gasteiger partial charge in [-0.3, -0.25) is 0 Å². The van der Waals surface area contributed by atoms with Crippen LogP contribution in [0.3, 0.4) is 0 Å². The van der Waals surface area contributed by atoms with Crippen molar-refractivity contribution in [1.82, 2.24) is 4.98 Å². The molecule has 5 nitrogen and oxygen atoms in total. The Morgan fingerprint density at radius 1 is 1.14 bits per heavy atom. The molecule has 0 saturated heterocycles. The Hall–Kier alpha value is -2.11. The van der Waals surface area contributed by atoms with E-state index in [2.05, 4.69) is 9.72 Å². The van der Waals surface area contributed by atoms with E-state index in [1.165, 1.54) is 19.4 Å². The average Bonchev–Trinajstić information content (AvgIpc) is 2.54. The second kappa shape index (κ2) is 7.24. The molecule has 0 radical (unpaired) electrons. The number of pyridine rings is 1. The van der Waals surface area contributed by atoms with Crippen LogP contribution in [-0.4, -0.2) is 24.0 Å². The van der Waals surface area contributed by atoms with Gasteiger partial charge in [-0.2, -0.15) is 0 Å². The molecule has 2 aromatic rings. The Kier molecular flexibility index (Phi) is 5.35. The van der Waals surface area contributed by atoms with Crippen LogP contribution in [0, 0.1) is 0 Å². The molecular weight excluding hydrogens is 329 g/mol. The number of hydrogen-bond donors (Lipinski definition) is 0. The molecule has 22 heavy (non-hydrogen) atoms. The topological polar surface area (TPSA) is 65.5 Å². The Labute approximate surface area is 136 Å². The first-order valence-corrected chi connectivity index (χ1v) is 6.92. The number of carbonyl (C=O) groups is 2. The summed E-state index contributed by atoms with van der Waals surface area (Å²) in [6.07, 6.45) is 1.28. The van der Waals surface area contributed by atoms with Gasteiger partial charge >= 0.3 is 11.9 Å². The summed E-state index contributed by atoms with van der Waals surface area (Å²) >= 11 is 11.5. The minimum Gasteiger partial charge on any atom is -0.465 e. The molecule has 0 unspecified atom stereocenters. The Morgan fingerprint density at radius 2 is 1.91 bits per heavy atom. The summed E-state index contributed by atoms with van der Waals surface area (Å²) in [6, 6.07) is 7.99. The van der Waals surface area contributed by atoms with Crippen molar-refractivity contribution in [3.05, 3.63) is 63.4 Å². The lowest BCUT2D eigenvalue weighted by Gasteiger charge is -2.07. The first kappa shape index (κ1) is 16.3. The molecular formula is C15H11Cl2NO4. The lowest BCUT2D eigenvalue weighted by Crippen LogP contribution is -2.07. The van der Waals surface area contributed by atoms with Crippen LogP contribution < -0.4 is 0 Å². The molecule has 0 bridgehead atoms. The molecule has 0 fully saturated rings.